The Hall–Kier alpha value is -1.88. The predicted octanol–water partition coefficient (Wildman–Crippen LogP) is 2.55. The topological polar surface area (TPSA) is 54.0 Å². The number of nitrogens with zero attached hydrogens (tertiary/aromatic N) is 1. The van der Waals surface area contributed by atoms with Crippen molar-refractivity contribution in [2.75, 3.05) is 12.4 Å². The quantitative estimate of drug-likeness (QED) is 0.881. The van der Waals surface area contributed by atoms with Crippen LogP contribution in [0, 0.1) is 0 Å². The lowest BCUT2D eigenvalue weighted by molar-refractivity contribution is 0.0940. The molecule has 0 fully saturated rings. The first-order chi connectivity index (χ1) is 9.19. The second-order valence-corrected chi connectivity index (χ2v) is 5.37. The van der Waals surface area contributed by atoms with Crippen molar-refractivity contribution in [1.29, 1.82) is 0 Å². The number of aromatic nitrogens is 1. The van der Waals surface area contributed by atoms with Crippen LogP contribution in [0.4, 0.5) is 5.82 Å². The molecule has 4 nitrogen and oxygen atoms in total. The predicted molar refractivity (Wildman–Crippen MR) is 78.7 cm³/mol. The van der Waals surface area contributed by atoms with Gasteiger partial charge in [0.15, 0.2) is 0 Å². The second-order valence-electron chi connectivity index (χ2n) is 4.34. The summed E-state index contributed by atoms with van der Waals surface area (Å²) < 4.78 is 0. The van der Waals surface area contributed by atoms with Gasteiger partial charge in [0.05, 0.1) is 0 Å². The highest BCUT2D eigenvalue weighted by atomic mass is 32.1. The molecule has 0 aliphatic carbocycles. The van der Waals surface area contributed by atoms with E-state index in [2.05, 4.69) is 21.7 Å². The molecule has 0 aliphatic heterocycles. The summed E-state index contributed by atoms with van der Waals surface area (Å²) in [4.78, 5) is 17.5. The number of hydrogen-bond donors (Lipinski definition) is 2. The summed E-state index contributed by atoms with van der Waals surface area (Å²) >= 11 is 1.71. The van der Waals surface area contributed by atoms with Crippen LogP contribution in [0.2, 0.25) is 0 Å². The lowest BCUT2D eigenvalue weighted by Crippen LogP contribution is -2.33. The van der Waals surface area contributed by atoms with Gasteiger partial charge in [-0.05, 0) is 30.5 Å². The van der Waals surface area contributed by atoms with E-state index >= 15 is 0 Å². The van der Waals surface area contributed by atoms with Crippen LogP contribution >= 0.6 is 11.3 Å². The van der Waals surface area contributed by atoms with E-state index in [4.69, 9.17) is 0 Å². The van der Waals surface area contributed by atoms with Crippen molar-refractivity contribution in [3.05, 3.63) is 46.3 Å². The van der Waals surface area contributed by atoms with Gasteiger partial charge in [-0.3, -0.25) is 4.79 Å². The van der Waals surface area contributed by atoms with Crippen molar-refractivity contribution >= 4 is 23.1 Å². The Labute approximate surface area is 116 Å². The zero-order valence-corrected chi connectivity index (χ0v) is 11.8. The molecule has 0 saturated carbocycles. The van der Waals surface area contributed by atoms with E-state index in [0.29, 0.717) is 11.4 Å². The third kappa shape index (κ3) is 3.79. The van der Waals surface area contributed by atoms with E-state index in [0.717, 1.165) is 6.42 Å². The van der Waals surface area contributed by atoms with Gasteiger partial charge < -0.3 is 10.6 Å². The smallest absolute Gasteiger partial charge is 0.251 e. The Morgan fingerprint density at radius 3 is 3.00 bits per heavy atom. The minimum atomic E-state index is -0.0667. The molecular weight excluding hydrogens is 258 g/mol. The third-order valence-electron chi connectivity index (χ3n) is 2.74. The molecule has 0 saturated heterocycles. The molecule has 0 spiro atoms. The van der Waals surface area contributed by atoms with Crippen LogP contribution in [0.5, 0.6) is 0 Å². The molecule has 5 heteroatoms. The molecular formula is C14H17N3OS. The molecule has 100 valence electrons. The fourth-order valence-electron chi connectivity index (χ4n) is 1.80. The van der Waals surface area contributed by atoms with E-state index in [-0.39, 0.29) is 11.9 Å². The molecule has 1 atom stereocenters. The summed E-state index contributed by atoms with van der Waals surface area (Å²) in [7, 11) is 1.78. The molecule has 0 radical (unpaired) electrons. The van der Waals surface area contributed by atoms with Gasteiger partial charge in [-0.2, -0.15) is 0 Å². The standard InChI is InChI=1S/C14H17N3OS/c1-10(8-12-4-3-7-19-12)17-14(18)11-5-6-16-13(9-11)15-2/h3-7,9-10H,8H2,1-2H3,(H,15,16)(H,17,18). The molecule has 0 aliphatic rings. The van der Waals surface area contributed by atoms with E-state index in [9.17, 15) is 4.79 Å². The van der Waals surface area contributed by atoms with Gasteiger partial charge in [-0.15, -0.1) is 11.3 Å². The number of carbonyl (C=O) groups excluding carboxylic acids is 1. The SMILES string of the molecule is CNc1cc(C(=O)NC(C)Cc2cccs2)ccn1. The van der Waals surface area contributed by atoms with Crippen LogP contribution in [-0.4, -0.2) is 24.0 Å². The second kappa shape index (κ2) is 6.33. The Morgan fingerprint density at radius 2 is 2.32 bits per heavy atom. The van der Waals surface area contributed by atoms with E-state index < -0.39 is 0 Å². The van der Waals surface area contributed by atoms with Gasteiger partial charge >= 0.3 is 0 Å². The van der Waals surface area contributed by atoms with Gasteiger partial charge in [-0.1, -0.05) is 6.07 Å². The number of carbonyl (C=O) groups is 1. The third-order valence-corrected chi connectivity index (χ3v) is 3.64. The number of anilines is 1. The normalized spacial score (nSPS) is 11.9. The van der Waals surface area contributed by atoms with E-state index in [1.165, 1.54) is 4.88 Å². The van der Waals surface area contributed by atoms with E-state index in [1.54, 1.807) is 36.7 Å². The minimum absolute atomic E-state index is 0.0667. The summed E-state index contributed by atoms with van der Waals surface area (Å²) in [6.07, 6.45) is 2.48. The van der Waals surface area contributed by atoms with Gasteiger partial charge in [0, 0.05) is 36.1 Å². The Balaban J connectivity index is 1.96. The summed E-state index contributed by atoms with van der Waals surface area (Å²) in [5, 5.41) is 7.97. The first-order valence-electron chi connectivity index (χ1n) is 6.16. The monoisotopic (exact) mass is 275 g/mol. The molecule has 2 rings (SSSR count). The van der Waals surface area contributed by atoms with Crippen LogP contribution in [0.1, 0.15) is 22.2 Å². The summed E-state index contributed by atoms with van der Waals surface area (Å²) in [5.41, 5.74) is 0.623. The van der Waals surface area contributed by atoms with Gasteiger partial charge in [0.25, 0.3) is 5.91 Å². The fourth-order valence-corrected chi connectivity index (χ4v) is 2.63. The summed E-state index contributed by atoms with van der Waals surface area (Å²) in [6.45, 7) is 2.01. The molecule has 2 N–H and O–H groups in total. The maximum Gasteiger partial charge on any atom is 0.251 e. The summed E-state index contributed by atoms with van der Waals surface area (Å²) in [5.74, 6) is 0.626. The van der Waals surface area contributed by atoms with Crippen molar-refractivity contribution in [3.8, 4) is 0 Å². The number of hydrogen-bond acceptors (Lipinski definition) is 4. The average Bonchev–Trinajstić information content (AvgIpc) is 2.91. The molecule has 1 amide bonds. The largest absolute Gasteiger partial charge is 0.373 e. The first-order valence-corrected chi connectivity index (χ1v) is 7.04. The molecule has 19 heavy (non-hydrogen) atoms. The Morgan fingerprint density at radius 1 is 1.47 bits per heavy atom. The lowest BCUT2D eigenvalue weighted by Gasteiger charge is -2.13. The zero-order chi connectivity index (χ0) is 13.7. The molecule has 2 aromatic rings. The molecule has 2 aromatic heterocycles. The highest BCUT2D eigenvalue weighted by molar-refractivity contribution is 7.09. The maximum atomic E-state index is 12.1. The number of thiophene rings is 1. The van der Waals surface area contributed by atoms with Gasteiger partial charge in [-0.25, -0.2) is 4.98 Å². The van der Waals surface area contributed by atoms with Crippen LogP contribution < -0.4 is 10.6 Å². The number of pyridine rings is 1. The maximum absolute atomic E-state index is 12.1. The average molecular weight is 275 g/mol. The molecule has 1 unspecified atom stereocenters. The number of rotatable bonds is 5. The molecule has 0 bridgehead atoms. The van der Waals surface area contributed by atoms with Crippen LogP contribution in [0.15, 0.2) is 35.8 Å². The number of amides is 1. The van der Waals surface area contributed by atoms with Crippen molar-refractivity contribution in [2.45, 2.75) is 19.4 Å². The molecule has 0 aromatic carbocycles. The van der Waals surface area contributed by atoms with E-state index in [1.807, 2.05) is 18.4 Å². The van der Waals surface area contributed by atoms with Crippen molar-refractivity contribution in [1.82, 2.24) is 10.3 Å². The van der Waals surface area contributed by atoms with Crippen LogP contribution in [-0.2, 0) is 6.42 Å². The highest BCUT2D eigenvalue weighted by Crippen LogP contribution is 2.12. The molecule has 2 heterocycles. The van der Waals surface area contributed by atoms with Gasteiger partial charge in [0.2, 0.25) is 0 Å². The van der Waals surface area contributed by atoms with Crippen molar-refractivity contribution < 1.29 is 4.79 Å². The Kier molecular flexibility index (Phi) is 4.52. The van der Waals surface area contributed by atoms with Crippen LogP contribution in [0.25, 0.3) is 0 Å². The Bertz CT molecular complexity index is 539. The zero-order valence-electron chi connectivity index (χ0n) is 11.0. The van der Waals surface area contributed by atoms with Crippen LogP contribution in [0.3, 0.4) is 0 Å². The van der Waals surface area contributed by atoms with Gasteiger partial charge in [0.1, 0.15) is 5.82 Å². The minimum Gasteiger partial charge on any atom is -0.373 e. The fraction of sp³-hybridized carbons (Fsp3) is 0.286. The number of nitrogens with one attached hydrogen (secondary N) is 2. The van der Waals surface area contributed by atoms with Crippen molar-refractivity contribution in [3.63, 3.8) is 0 Å². The summed E-state index contributed by atoms with van der Waals surface area (Å²) in [6, 6.07) is 7.67. The first kappa shape index (κ1) is 13.5. The van der Waals surface area contributed by atoms with Crippen molar-refractivity contribution in [2.24, 2.45) is 0 Å². The lowest BCUT2D eigenvalue weighted by atomic mass is 10.2. The highest BCUT2D eigenvalue weighted by Gasteiger charge is 2.11.